The second kappa shape index (κ2) is 9.77. The Bertz CT molecular complexity index is 1480. The zero-order valence-corrected chi connectivity index (χ0v) is 19.9. The fourth-order valence-electron chi connectivity index (χ4n) is 4.63. The van der Waals surface area contributed by atoms with Crippen LogP contribution in [-0.2, 0) is 4.79 Å². The molecule has 4 aromatic rings. The second-order valence-corrected chi connectivity index (χ2v) is 9.18. The highest BCUT2D eigenvalue weighted by Gasteiger charge is 2.38. The van der Waals surface area contributed by atoms with Gasteiger partial charge in [0.15, 0.2) is 0 Å². The lowest BCUT2D eigenvalue weighted by atomic mass is 9.91. The molecule has 1 saturated carbocycles. The monoisotopic (exact) mass is 500 g/mol. The molecule has 0 unspecified atom stereocenters. The minimum absolute atomic E-state index is 0.00835. The number of benzene rings is 2. The average molecular weight is 501 g/mol. The summed E-state index contributed by atoms with van der Waals surface area (Å²) in [6.45, 7) is 4.19. The van der Waals surface area contributed by atoms with Gasteiger partial charge in [-0.15, -0.1) is 0 Å². The van der Waals surface area contributed by atoms with Gasteiger partial charge in [0.1, 0.15) is 5.69 Å². The average Bonchev–Trinajstić information content (AvgIpc) is 3.25. The van der Waals surface area contributed by atoms with E-state index in [1.807, 2.05) is 35.0 Å². The van der Waals surface area contributed by atoms with Gasteiger partial charge in [0, 0.05) is 34.7 Å². The second-order valence-electron chi connectivity index (χ2n) is 9.18. The topological polar surface area (TPSA) is 114 Å². The van der Waals surface area contributed by atoms with Crippen LogP contribution >= 0.6 is 0 Å². The molecule has 0 amide bonds. The highest BCUT2D eigenvalue weighted by Crippen LogP contribution is 2.32. The molecule has 1 fully saturated rings. The maximum atomic E-state index is 13.8. The Kier molecular flexibility index (Phi) is 6.90. The van der Waals surface area contributed by atoms with Crippen LogP contribution in [0.4, 0.5) is 13.2 Å². The highest BCUT2D eigenvalue weighted by atomic mass is 19.4. The molecule has 36 heavy (non-hydrogen) atoms. The van der Waals surface area contributed by atoms with Crippen LogP contribution in [0.2, 0.25) is 0 Å². The van der Waals surface area contributed by atoms with Crippen molar-refractivity contribution in [2.45, 2.75) is 57.8 Å². The number of fused-ring (bicyclic) bond motifs is 2. The maximum absolute atomic E-state index is 13.8. The normalized spacial score (nSPS) is 18.2. The molecule has 0 spiro atoms. The van der Waals surface area contributed by atoms with Crippen LogP contribution in [0.3, 0.4) is 0 Å². The molecule has 7 nitrogen and oxygen atoms in total. The number of hydrogen-bond donors (Lipinski definition) is 3. The zero-order valence-electron chi connectivity index (χ0n) is 19.9. The third-order valence-corrected chi connectivity index (χ3v) is 6.70. The molecule has 2 heterocycles. The number of carboxylic acid groups (broad SMARTS) is 1. The molecule has 10 heteroatoms. The summed E-state index contributed by atoms with van der Waals surface area (Å²) >= 11 is 0. The number of aromatic nitrogens is 3. The van der Waals surface area contributed by atoms with E-state index in [1.165, 1.54) is 11.1 Å². The summed E-state index contributed by atoms with van der Waals surface area (Å²) in [7, 11) is 0. The van der Waals surface area contributed by atoms with E-state index in [1.54, 1.807) is 0 Å². The number of nitrogens with zero attached hydrogens (tertiary/aromatic N) is 2. The number of halogens is 3. The zero-order chi connectivity index (χ0) is 26.2. The number of aliphatic carboxylic acids is 1. The minimum Gasteiger partial charge on any atom is -0.475 e. The molecule has 0 aliphatic heterocycles. The standard InChI is InChI=1S/C24H26N4O.C2HF3O2/c1-14-11-21-22(12-15(14)2)28(17-9-7-16(25)8-10-17)24(29)23(27-21)19-13-26-20-6-4-3-5-18(19)20;3-2(4,5)1(6)7/h3-6,11-13,16-17,26H,7-10,25H2,1-2H3;(H,6,7). The Morgan fingerprint density at radius 2 is 1.72 bits per heavy atom. The van der Waals surface area contributed by atoms with Crippen molar-refractivity contribution in [2.24, 2.45) is 5.73 Å². The third kappa shape index (κ3) is 4.99. The molecular formula is C26H27F3N4O3. The number of H-pyrrole nitrogens is 1. The Balaban J connectivity index is 0.000000384. The molecule has 190 valence electrons. The predicted octanol–water partition coefficient (Wildman–Crippen LogP) is 5.24. The number of aromatic amines is 1. The first-order valence-corrected chi connectivity index (χ1v) is 11.6. The predicted molar refractivity (Wildman–Crippen MR) is 132 cm³/mol. The molecule has 4 N–H and O–H groups in total. The van der Waals surface area contributed by atoms with Gasteiger partial charge < -0.3 is 20.4 Å². The number of carbonyl (C=O) groups is 1. The molecule has 2 aromatic carbocycles. The van der Waals surface area contributed by atoms with Crippen molar-refractivity contribution >= 4 is 27.9 Å². The van der Waals surface area contributed by atoms with Crippen LogP contribution in [0.25, 0.3) is 33.2 Å². The Morgan fingerprint density at radius 1 is 1.11 bits per heavy atom. The number of alkyl halides is 3. The first-order valence-electron chi connectivity index (χ1n) is 11.6. The van der Waals surface area contributed by atoms with E-state index in [0.29, 0.717) is 5.69 Å². The van der Waals surface area contributed by atoms with Crippen LogP contribution in [-0.4, -0.2) is 37.8 Å². The largest absolute Gasteiger partial charge is 0.490 e. The van der Waals surface area contributed by atoms with E-state index < -0.39 is 12.1 Å². The van der Waals surface area contributed by atoms with Crippen LogP contribution in [0.5, 0.6) is 0 Å². The number of rotatable bonds is 2. The lowest BCUT2D eigenvalue weighted by molar-refractivity contribution is -0.192. The summed E-state index contributed by atoms with van der Waals surface area (Å²) in [5, 5.41) is 8.15. The fraction of sp³-hybridized carbons (Fsp3) is 0.346. The Labute approximate surface area is 204 Å². The van der Waals surface area contributed by atoms with E-state index in [9.17, 15) is 18.0 Å². The summed E-state index contributed by atoms with van der Waals surface area (Å²) in [5.74, 6) is -2.76. The van der Waals surface area contributed by atoms with Gasteiger partial charge in [0.2, 0.25) is 0 Å². The summed E-state index contributed by atoms with van der Waals surface area (Å²) in [4.78, 5) is 30.8. The smallest absolute Gasteiger partial charge is 0.475 e. The molecule has 1 aliphatic carbocycles. The molecule has 0 bridgehead atoms. The van der Waals surface area contributed by atoms with E-state index in [4.69, 9.17) is 20.6 Å². The lowest BCUT2D eigenvalue weighted by Gasteiger charge is -2.29. The summed E-state index contributed by atoms with van der Waals surface area (Å²) < 4.78 is 33.7. The number of hydrogen-bond acceptors (Lipinski definition) is 4. The van der Waals surface area contributed by atoms with Gasteiger partial charge in [0.05, 0.1) is 11.0 Å². The van der Waals surface area contributed by atoms with Gasteiger partial charge in [-0.25, -0.2) is 9.78 Å². The molecule has 1 aliphatic rings. The van der Waals surface area contributed by atoms with Crippen molar-refractivity contribution in [1.29, 1.82) is 0 Å². The van der Waals surface area contributed by atoms with Crippen LogP contribution in [0.15, 0.2) is 47.4 Å². The molecule has 5 rings (SSSR count). The number of nitrogens with two attached hydrogens (primary N) is 1. The number of aryl methyl sites for hydroxylation is 2. The van der Waals surface area contributed by atoms with Crippen LogP contribution in [0.1, 0.15) is 42.9 Å². The molecule has 0 atom stereocenters. The lowest BCUT2D eigenvalue weighted by Crippen LogP contribution is -2.33. The van der Waals surface area contributed by atoms with E-state index >= 15 is 0 Å². The van der Waals surface area contributed by atoms with Crippen molar-refractivity contribution in [3.05, 3.63) is 64.1 Å². The summed E-state index contributed by atoms with van der Waals surface area (Å²) in [6.07, 6.45) is 0.589. The third-order valence-electron chi connectivity index (χ3n) is 6.70. The number of para-hydroxylation sites is 1. The van der Waals surface area contributed by atoms with Crippen molar-refractivity contribution in [1.82, 2.24) is 14.5 Å². The first-order chi connectivity index (χ1) is 17.0. The van der Waals surface area contributed by atoms with Crippen molar-refractivity contribution in [3.63, 3.8) is 0 Å². The Morgan fingerprint density at radius 3 is 2.36 bits per heavy atom. The molecule has 0 saturated heterocycles. The van der Waals surface area contributed by atoms with Crippen molar-refractivity contribution < 1.29 is 23.1 Å². The van der Waals surface area contributed by atoms with E-state index in [-0.39, 0.29) is 17.6 Å². The Hall–Kier alpha value is -3.66. The quantitative estimate of drug-likeness (QED) is 0.348. The number of nitrogens with one attached hydrogen (secondary N) is 1. The maximum Gasteiger partial charge on any atom is 0.490 e. The first kappa shape index (κ1) is 25.4. The SMILES string of the molecule is Cc1cc2nc(-c3c[nH]c4ccccc34)c(=O)n(C3CCC(N)CC3)c2cc1C.O=C(O)C(F)(F)F. The summed E-state index contributed by atoms with van der Waals surface area (Å²) in [5.41, 5.74) is 12.7. The molecule has 0 radical (unpaired) electrons. The molecule has 2 aromatic heterocycles. The van der Waals surface area contributed by atoms with Crippen molar-refractivity contribution in [3.8, 4) is 11.3 Å². The van der Waals surface area contributed by atoms with Gasteiger partial charge in [-0.2, -0.15) is 13.2 Å². The molecular weight excluding hydrogens is 473 g/mol. The van der Waals surface area contributed by atoms with Gasteiger partial charge in [-0.3, -0.25) is 4.79 Å². The minimum atomic E-state index is -5.08. The van der Waals surface area contributed by atoms with Gasteiger partial charge >= 0.3 is 12.1 Å². The van der Waals surface area contributed by atoms with Crippen LogP contribution < -0.4 is 11.3 Å². The highest BCUT2D eigenvalue weighted by molar-refractivity contribution is 5.95. The van der Waals surface area contributed by atoms with E-state index in [0.717, 1.165) is 53.2 Å². The van der Waals surface area contributed by atoms with Crippen molar-refractivity contribution in [2.75, 3.05) is 0 Å². The van der Waals surface area contributed by atoms with Gasteiger partial charge in [-0.05, 0) is 68.9 Å². The number of carboxylic acids is 1. The van der Waals surface area contributed by atoms with Crippen LogP contribution in [0, 0.1) is 13.8 Å². The van der Waals surface area contributed by atoms with Gasteiger partial charge in [0.25, 0.3) is 5.56 Å². The fourth-order valence-corrected chi connectivity index (χ4v) is 4.63. The van der Waals surface area contributed by atoms with E-state index in [2.05, 4.69) is 31.0 Å². The van der Waals surface area contributed by atoms with Gasteiger partial charge in [-0.1, -0.05) is 18.2 Å². The summed E-state index contributed by atoms with van der Waals surface area (Å²) in [6, 6.07) is 12.7.